The SMILES string of the molecule is Nc1ccc(-c2ccccc2F)nc1C(=O)Nc1cnccc1-c1cc[nH]c(=O)c1. The molecule has 30 heavy (non-hydrogen) atoms. The molecule has 148 valence electrons. The van der Waals surface area contributed by atoms with Crippen molar-refractivity contribution in [3.05, 3.63) is 95.1 Å². The lowest BCUT2D eigenvalue weighted by Gasteiger charge is -2.12. The molecule has 1 amide bonds. The van der Waals surface area contributed by atoms with E-state index in [1.54, 1.807) is 42.6 Å². The second kappa shape index (κ2) is 7.96. The number of hydrogen-bond acceptors (Lipinski definition) is 5. The Bertz CT molecular complexity index is 1300. The highest BCUT2D eigenvalue weighted by atomic mass is 19.1. The van der Waals surface area contributed by atoms with Crippen LogP contribution in [0, 0.1) is 5.82 Å². The van der Waals surface area contributed by atoms with Crippen LogP contribution < -0.4 is 16.6 Å². The normalized spacial score (nSPS) is 10.6. The molecule has 0 aliphatic carbocycles. The fourth-order valence-corrected chi connectivity index (χ4v) is 3.01. The molecule has 7 nitrogen and oxygen atoms in total. The van der Waals surface area contributed by atoms with Crippen LogP contribution in [0.25, 0.3) is 22.4 Å². The number of hydrogen-bond donors (Lipinski definition) is 3. The number of nitrogens with one attached hydrogen (secondary N) is 2. The number of carbonyl (C=O) groups is 1. The molecule has 1 aromatic carbocycles. The number of carbonyl (C=O) groups excluding carboxylic acids is 1. The molecule has 0 saturated carbocycles. The standard InChI is InChI=1S/C22H16FN5O2/c23-16-4-2-1-3-15(16)18-6-5-17(24)21(27-18)22(30)28-19-12-25-9-8-14(19)13-7-10-26-20(29)11-13/h1-12H,24H2,(H,26,29)(H,28,30). The highest BCUT2D eigenvalue weighted by Gasteiger charge is 2.17. The summed E-state index contributed by atoms with van der Waals surface area (Å²) in [5, 5.41) is 2.73. The maximum atomic E-state index is 14.1. The summed E-state index contributed by atoms with van der Waals surface area (Å²) in [6, 6.07) is 14.0. The molecule has 3 aromatic heterocycles. The van der Waals surface area contributed by atoms with E-state index < -0.39 is 11.7 Å². The van der Waals surface area contributed by atoms with E-state index in [4.69, 9.17) is 5.73 Å². The highest BCUT2D eigenvalue weighted by molar-refractivity contribution is 6.08. The van der Waals surface area contributed by atoms with Crippen molar-refractivity contribution in [3.8, 4) is 22.4 Å². The van der Waals surface area contributed by atoms with Crippen LogP contribution in [0.3, 0.4) is 0 Å². The molecule has 0 unspecified atom stereocenters. The van der Waals surface area contributed by atoms with Gasteiger partial charge in [0.15, 0.2) is 5.69 Å². The third-order valence-corrected chi connectivity index (χ3v) is 4.45. The fourth-order valence-electron chi connectivity index (χ4n) is 3.01. The summed E-state index contributed by atoms with van der Waals surface area (Å²) in [6.07, 6.45) is 4.53. The lowest BCUT2D eigenvalue weighted by molar-refractivity contribution is 0.102. The van der Waals surface area contributed by atoms with E-state index in [2.05, 4.69) is 20.3 Å². The first-order valence-electron chi connectivity index (χ1n) is 8.99. The van der Waals surface area contributed by atoms with E-state index in [1.807, 2.05) is 0 Å². The van der Waals surface area contributed by atoms with Gasteiger partial charge in [-0.25, -0.2) is 9.37 Å². The van der Waals surface area contributed by atoms with E-state index in [0.717, 1.165) is 0 Å². The molecule has 0 saturated heterocycles. The lowest BCUT2D eigenvalue weighted by Crippen LogP contribution is -2.17. The Balaban J connectivity index is 1.70. The topological polar surface area (TPSA) is 114 Å². The molecule has 3 heterocycles. The Labute approximate surface area is 170 Å². The second-order valence-corrected chi connectivity index (χ2v) is 6.43. The zero-order valence-corrected chi connectivity index (χ0v) is 15.6. The molecular weight excluding hydrogens is 385 g/mol. The smallest absolute Gasteiger partial charge is 0.276 e. The molecule has 0 fully saturated rings. The predicted octanol–water partition coefficient (Wildman–Crippen LogP) is 3.47. The van der Waals surface area contributed by atoms with Crippen molar-refractivity contribution in [3.63, 3.8) is 0 Å². The summed E-state index contributed by atoms with van der Waals surface area (Å²) < 4.78 is 14.1. The quantitative estimate of drug-likeness (QED) is 0.484. The number of halogens is 1. The van der Waals surface area contributed by atoms with Gasteiger partial charge in [0.2, 0.25) is 5.56 Å². The highest BCUT2D eigenvalue weighted by Crippen LogP contribution is 2.27. The van der Waals surface area contributed by atoms with E-state index in [9.17, 15) is 14.0 Å². The van der Waals surface area contributed by atoms with Crippen LogP contribution in [0.15, 0.2) is 78.0 Å². The summed E-state index contributed by atoms with van der Waals surface area (Å²) >= 11 is 0. The minimum absolute atomic E-state index is 0.0449. The van der Waals surface area contributed by atoms with Gasteiger partial charge in [-0.15, -0.1) is 0 Å². The number of benzene rings is 1. The predicted molar refractivity (Wildman–Crippen MR) is 112 cm³/mol. The van der Waals surface area contributed by atoms with E-state index in [0.29, 0.717) is 16.8 Å². The molecule has 0 aliphatic heterocycles. The third kappa shape index (κ3) is 3.79. The number of aromatic amines is 1. The zero-order chi connectivity index (χ0) is 21.1. The Morgan fingerprint density at radius 1 is 1.07 bits per heavy atom. The average molecular weight is 401 g/mol. The molecule has 0 atom stereocenters. The van der Waals surface area contributed by atoms with Crippen LogP contribution >= 0.6 is 0 Å². The Kier molecular flexibility index (Phi) is 5.04. The Morgan fingerprint density at radius 3 is 2.70 bits per heavy atom. The summed E-state index contributed by atoms with van der Waals surface area (Å²) in [6.45, 7) is 0. The van der Waals surface area contributed by atoms with Crippen LogP contribution in [0.1, 0.15) is 10.5 Å². The van der Waals surface area contributed by atoms with E-state index in [-0.39, 0.29) is 28.2 Å². The Hall–Kier alpha value is -4.33. The van der Waals surface area contributed by atoms with E-state index in [1.165, 1.54) is 30.6 Å². The van der Waals surface area contributed by atoms with Crippen molar-refractivity contribution in [2.45, 2.75) is 0 Å². The monoisotopic (exact) mass is 401 g/mol. The van der Waals surface area contributed by atoms with Crippen molar-refractivity contribution in [2.75, 3.05) is 11.1 Å². The lowest BCUT2D eigenvalue weighted by atomic mass is 10.1. The molecule has 4 N–H and O–H groups in total. The fraction of sp³-hybridized carbons (Fsp3) is 0. The van der Waals surface area contributed by atoms with Crippen molar-refractivity contribution < 1.29 is 9.18 Å². The van der Waals surface area contributed by atoms with Crippen LogP contribution in [-0.2, 0) is 0 Å². The molecular formula is C22H16FN5O2. The van der Waals surface area contributed by atoms with Gasteiger partial charge in [-0.3, -0.25) is 14.6 Å². The molecule has 4 aromatic rings. The van der Waals surface area contributed by atoms with Crippen LogP contribution in [0.4, 0.5) is 15.8 Å². The first-order valence-corrected chi connectivity index (χ1v) is 8.99. The maximum Gasteiger partial charge on any atom is 0.276 e. The number of aromatic nitrogens is 3. The van der Waals surface area contributed by atoms with Gasteiger partial charge < -0.3 is 16.0 Å². The van der Waals surface area contributed by atoms with Gasteiger partial charge in [-0.05, 0) is 42.0 Å². The van der Waals surface area contributed by atoms with Gasteiger partial charge in [0.25, 0.3) is 5.91 Å². The van der Waals surface area contributed by atoms with Crippen molar-refractivity contribution in [2.24, 2.45) is 0 Å². The number of anilines is 2. The molecule has 0 aliphatic rings. The minimum atomic E-state index is -0.579. The summed E-state index contributed by atoms with van der Waals surface area (Å²) in [5.41, 5.74) is 7.92. The minimum Gasteiger partial charge on any atom is -0.397 e. The molecule has 0 radical (unpaired) electrons. The van der Waals surface area contributed by atoms with Gasteiger partial charge in [0, 0.05) is 29.6 Å². The average Bonchev–Trinajstić information content (AvgIpc) is 2.75. The number of nitrogen functional groups attached to an aromatic ring is 1. The van der Waals surface area contributed by atoms with Gasteiger partial charge in [-0.1, -0.05) is 12.1 Å². The summed E-state index contributed by atoms with van der Waals surface area (Å²) in [5.74, 6) is -1.03. The van der Waals surface area contributed by atoms with Crippen molar-refractivity contribution >= 4 is 17.3 Å². The summed E-state index contributed by atoms with van der Waals surface area (Å²) in [4.78, 5) is 35.4. The van der Waals surface area contributed by atoms with Crippen LogP contribution in [0.5, 0.6) is 0 Å². The first-order chi connectivity index (χ1) is 14.5. The number of amides is 1. The Morgan fingerprint density at radius 2 is 1.90 bits per heavy atom. The maximum absolute atomic E-state index is 14.1. The number of nitrogens with two attached hydrogens (primary N) is 1. The molecule has 8 heteroatoms. The van der Waals surface area contributed by atoms with Gasteiger partial charge >= 0.3 is 0 Å². The number of H-pyrrole nitrogens is 1. The van der Waals surface area contributed by atoms with Crippen LogP contribution in [0.2, 0.25) is 0 Å². The van der Waals surface area contributed by atoms with Crippen LogP contribution in [-0.4, -0.2) is 20.9 Å². The van der Waals surface area contributed by atoms with Gasteiger partial charge in [0.05, 0.1) is 23.3 Å². The number of nitrogens with zero attached hydrogens (tertiary/aromatic N) is 2. The van der Waals surface area contributed by atoms with Gasteiger partial charge in [0.1, 0.15) is 5.82 Å². The molecule has 4 rings (SSSR count). The molecule has 0 bridgehead atoms. The second-order valence-electron chi connectivity index (χ2n) is 6.43. The zero-order valence-electron chi connectivity index (χ0n) is 15.6. The largest absolute Gasteiger partial charge is 0.397 e. The molecule has 0 spiro atoms. The van der Waals surface area contributed by atoms with Crippen molar-refractivity contribution in [1.29, 1.82) is 0 Å². The van der Waals surface area contributed by atoms with Crippen molar-refractivity contribution in [1.82, 2.24) is 15.0 Å². The summed E-state index contributed by atoms with van der Waals surface area (Å²) in [7, 11) is 0. The number of pyridine rings is 3. The van der Waals surface area contributed by atoms with Gasteiger partial charge in [-0.2, -0.15) is 0 Å². The number of rotatable bonds is 4. The third-order valence-electron chi connectivity index (χ3n) is 4.45. The van der Waals surface area contributed by atoms with E-state index >= 15 is 0 Å². The first kappa shape index (κ1) is 19.0.